The third-order valence-electron chi connectivity index (χ3n) is 6.17. The molecule has 0 aromatic heterocycles. The fourth-order valence-electron chi connectivity index (χ4n) is 4.21. The van der Waals surface area contributed by atoms with Crippen molar-refractivity contribution < 1.29 is 13.2 Å². The van der Waals surface area contributed by atoms with Crippen molar-refractivity contribution in [2.24, 2.45) is 0 Å². The summed E-state index contributed by atoms with van der Waals surface area (Å²) >= 11 is 0. The normalized spacial score (nSPS) is 16.0. The predicted molar refractivity (Wildman–Crippen MR) is 128 cm³/mol. The van der Waals surface area contributed by atoms with Crippen LogP contribution in [0, 0.1) is 0 Å². The lowest BCUT2D eigenvalue weighted by molar-refractivity contribution is -0.121. The molecule has 0 spiro atoms. The zero-order valence-corrected chi connectivity index (χ0v) is 19.3. The van der Waals surface area contributed by atoms with Gasteiger partial charge in [-0.05, 0) is 66.3 Å². The maximum absolute atomic E-state index is 12.8. The van der Waals surface area contributed by atoms with Gasteiger partial charge in [-0.15, -0.1) is 0 Å². The molecule has 6 heteroatoms. The molecule has 0 aliphatic carbocycles. The standard InChI is InChI=1S/C26H30N2O3S/c1-20(23-13-12-22-7-3-4-8-24(22)19-23)27-26(29)16-11-21-9-14-25(15-10-21)32(30,31)28-17-5-2-6-18-28/h3-4,7-10,12-15,19-20H,2,5-6,11,16-18H2,1H3,(H,27,29). The first-order valence-electron chi connectivity index (χ1n) is 11.3. The van der Waals surface area contributed by atoms with Crippen LogP contribution in [0.25, 0.3) is 10.8 Å². The van der Waals surface area contributed by atoms with Gasteiger partial charge in [-0.2, -0.15) is 4.31 Å². The second-order valence-electron chi connectivity index (χ2n) is 8.50. The zero-order chi connectivity index (χ0) is 22.6. The summed E-state index contributed by atoms with van der Waals surface area (Å²) in [5.41, 5.74) is 2.03. The number of benzene rings is 3. The van der Waals surface area contributed by atoms with Crippen LogP contribution < -0.4 is 5.32 Å². The van der Waals surface area contributed by atoms with Gasteiger partial charge in [0.05, 0.1) is 10.9 Å². The van der Waals surface area contributed by atoms with Crippen LogP contribution in [0.3, 0.4) is 0 Å². The number of amides is 1. The molecule has 1 aliphatic heterocycles. The van der Waals surface area contributed by atoms with E-state index in [9.17, 15) is 13.2 Å². The molecule has 0 bridgehead atoms. The van der Waals surface area contributed by atoms with Gasteiger partial charge >= 0.3 is 0 Å². The van der Waals surface area contributed by atoms with E-state index in [2.05, 4.69) is 35.6 Å². The van der Waals surface area contributed by atoms with Gasteiger partial charge in [0.15, 0.2) is 0 Å². The van der Waals surface area contributed by atoms with Gasteiger partial charge in [-0.3, -0.25) is 4.79 Å². The summed E-state index contributed by atoms with van der Waals surface area (Å²) in [5, 5.41) is 5.41. The molecule has 1 fully saturated rings. The minimum absolute atomic E-state index is 0.0179. The first-order valence-corrected chi connectivity index (χ1v) is 12.7. The van der Waals surface area contributed by atoms with E-state index >= 15 is 0 Å². The molecule has 3 aromatic rings. The van der Waals surface area contributed by atoms with Gasteiger partial charge in [0.1, 0.15) is 0 Å². The number of hydrogen-bond donors (Lipinski definition) is 1. The summed E-state index contributed by atoms with van der Waals surface area (Å²) in [5.74, 6) is -0.0179. The molecule has 4 rings (SSSR count). The molecular weight excluding hydrogens is 420 g/mol. The average molecular weight is 451 g/mol. The van der Waals surface area contributed by atoms with Gasteiger partial charge in [0.2, 0.25) is 15.9 Å². The highest BCUT2D eigenvalue weighted by atomic mass is 32.2. The van der Waals surface area contributed by atoms with Crippen LogP contribution in [0.2, 0.25) is 0 Å². The van der Waals surface area contributed by atoms with Crippen LogP contribution in [0.5, 0.6) is 0 Å². The van der Waals surface area contributed by atoms with Crippen molar-refractivity contribution in [2.75, 3.05) is 13.1 Å². The highest BCUT2D eigenvalue weighted by molar-refractivity contribution is 7.89. The van der Waals surface area contributed by atoms with Gasteiger partial charge < -0.3 is 5.32 Å². The molecule has 1 atom stereocenters. The van der Waals surface area contributed by atoms with Crippen LogP contribution in [0.4, 0.5) is 0 Å². The summed E-state index contributed by atoms with van der Waals surface area (Å²) in [6.07, 6.45) is 3.86. The Kier molecular flexibility index (Phi) is 6.92. The predicted octanol–water partition coefficient (Wildman–Crippen LogP) is 4.82. The Balaban J connectivity index is 1.32. The van der Waals surface area contributed by atoms with E-state index in [-0.39, 0.29) is 11.9 Å². The van der Waals surface area contributed by atoms with E-state index in [4.69, 9.17) is 0 Å². The maximum Gasteiger partial charge on any atom is 0.243 e. The van der Waals surface area contributed by atoms with Crippen molar-refractivity contribution in [3.8, 4) is 0 Å². The number of nitrogens with one attached hydrogen (secondary N) is 1. The Hall–Kier alpha value is -2.70. The van der Waals surface area contributed by atoms with E-state index in [1.165, 1.54) is 5.39 Å². The zero-order valence-electron chi connectivity index (χ0n) is 18.5. The van der Waals surface area contributed by atoms with Crippen LogP contribution in [-0.4, -0.2) is 31.7 Å². The molecule has 32 heavy (non-hydrogen) atoms. The molecule has 1 unspecified atom stereocenters. The average Bonchev–Trinajstić information content (AvgIpc) is 2.83. The smallest absolute Gasteiger partial charge is 0.243 e. The third kappa shape index (κ3) is 5.19. The molecule has 0 radical (unpaired) electrons. The third-order valence-corrected chi connectivity index (χ3v) is 8.08. The number of hydrogen-bond acceptors (Lipinski definition) is 3. The highest BCUT2D eigenvalue weighted by Gasteiger charge is 2.25. The Morgan fingerprint density at radius 3 is 2.34 bits per heavy atom. The largest absolute Gasteiger partial charge is 0.350 e. The van der Waals surface area contributed by atoms with Gasteiger partial charge in [-0.1, -0.05) is 55.0 Å². The fourth-order valence-corrected chi connectivity index (χ4v) is 5.73. The lowest BCUT2D eigenvalue weighted by Gasteiger charge is -2.25. The molecule has 5 nitrogen and oxygen atoms in total. The Morgan fingerprint density at radius 1 is 0.938 bits per heavy atom. The number of sulfonamides is 1. The Bertz CT molecular complexity index is 1180. The molecule has 1 aliphatic rings. The molecule has 3 aromatic carbocycles. The molecule has 0 saturated carbocycles. The van der Waals surface area contributed by atoms with Gasteiger partial charge in [-0.25, -0.2) is 8.42 Å². The number of carbonyl (C=O) groups is 1. The lowest BCUT2D eigenvalue weighted by Crippen LogP contribution is -2.35. The Morgan fingerprint density at radius 2 is 1.62 bits per heavy atom. The van der Waals surface area contributed by atoms with Crippen molar-refractivity contribution in [2.45, 2.75) is 50.0 Å². The van der Waals surface area contributed by atoms with E-state index in [1.807, 2.05) is 31.2 Å². The number of fused-ring (bicyclic) bond motifs is 1. The van der Waals surface area contributed by atoms with Crippen molar-refractivity contribution in [1.82, 2.24) is 9.62 Å². The molecule has 1 saturated heterocycles. The minimum Gasteiger partial charge on any atom is -0.350 e. The maximum atomic E-state index is 12.8. The summed E-state index contributed by atoms with van der Waals surface area (Å²) < 4.78 is 27.1. The van der Waals surface area contributed by atoms with Gasteiger partial charge in [0, 0.05) is 19.5 Å². The van der Waals surface area contributed by atoms with Crippen molar-refractivity contribution >= 4 is 26.7 Å². The first kappa shape index (κ1) is 22.5. The van der Waals surface area contributed by atoms with Crippen LogP contribution in [-0.2, 0) is 21.2 Å². The van der Waals surface area contributed by atoms with Crippen molar-refractivity contribution in [3.05, 3.63) is 77.9 Å². The van der Waals surface area contributed by atoms with Gasteiger partial charge in [0.25, 0.3) is 0 Å². The fraction of sp³-hybridized carbons (Fsp3) is 0.346. The number of rotatable bonds is 7. The van der Waals surface area contributed by atoms with Crippen LogP contribution >= 0.6 is 0 Å². The quantitative estimate of drug-likeness (QED) is 0.561. The number of nitrogens with zero attached hydrogens (tertiary/aromatic N) is 1. The Labute approximate surface area is 190 Å². The second kappa shape index (κ2) is 9.84. The minimum atomic E-state index is -3.42. The molecule has 1 N–H and O–H groups in total. The number of aryl methyl sites for hydroxylation is 1. The van der Waals surface area contributed by atoms with Crippen molar-refractivity contribution in [1.29, 1.82) is 0 Å². The van der Waals surface area contributed by atoms with E-state index < -0.39 is 10.0 Å². The summed E-state index contributed by atoms with van der Waals surface area (Å²) in [7, 11) is -3.42. The summed E-state index contributed by atoms with van der Waals surface area (Å²) in [4.78, 5) is 12.8. The summed E-state index contributed by atoms with van der Waals surface area (Å²) in [6.45, 7) is 3.18. The second-order valence-corrected chi connectivity index (χ2v) is 10.4. The molecular formula is C26H30N2O3S. The summed E-state index contributed by atoms with van der Waals surface area (Å²) in [6, 6.07) is 21.3. The van der Waals surface area contributed by atoms with Crippen LogP contribution in [0.15, 0.2) is 71.6 Å². The topological polar surface area (TPSA) is 66.5 Å². The SMILES string of the molecule is CC(NC(=O)CCc1ccc(S(=O)(=O)N2CCCCC2)cc1)c1ccc2ccccc2c1. The van der Waals surface area contributed by atoms with E-state index in [1.54, 1.807) is 16.4 Å². The molecule has 1 heterocycles. The monoisotopic (exact) mass is 450 g/mol. The molecule has 1 amide bonds. The van der Waals surface area contributed by atoms with Crippen LogP contribution in [0.1, 0.15) is 49.8 Å². The highest BCUT2D eigenvalue weighted by Crippen LogP contribution is 2.22. The number of carbonyl (C=O) groups excluding carboxylic acids is 1. The van der Waals surface area contributed by atoms with E-state index in [0.29, 0.717) is 30.8 Å². The molecule has 168 valence electrons. The number of piperidine rings is 1. The van der Waals surface area contributed by atoms with Crippen molar-refractivity contribution in [3.63, 3.8) is 0 Å². The lowest BCUT2D eigenvalue weighted by atomic mass is 10.0. The van der Waals surface area contributed by atoms with E-state index in [0.717, 1.165) is 35.8 Å². The first-order chi connectivity index (χ1) is 15.4.